The van der Waals surface area contributed by atoms with Crippen LogP contribution in [0.15, 0.2) is 18.2 Å². The number of para-hydroxylation sites is 1. The van der Waals surface area contributed by atoms with Crippen molar-refractivity contribution < 1.29 is 5.11 Å². The van der Waals surface area contributed by atoms with Gasteiger partial charge in [0.25, 0.3) is 0 Å². The summed E-state index contributed by atoms with van der Waals surface area (Å²) in [6, 6.07) is 6.39. The highest BCUT2D eigenvalue weighted by molar-refractivity contribution is 7.80. The van der Waals surface area contributed by atoms with Crippen molar-refractivity contribution in [2.75, 3.05) is 5.32 Å². The van der Waals surface area contributed by atoms with Crippen LogP contribution in [0.5, 0.6) is 0 Å². The third-order valence-electron chi connectivity index (χ3n) is 3.58. The summed E-state index contributed by atoms with van der Waals surface area (Å²) in [4.78, 5) is 0.428. The van der Waals surface area contributed by atoms with Gasteiger partial charge in [-0.2, -0.15) is 0 Å². The van der Waals surface area contributed by atoms with Crippen LogP contribution in [0.1, 0.15) is 36.8 Å². The molecule has 0 unspecified atom stereocenters. The summed E-state index contributed by atoms with van der Waals surface area (Å²) in [6.45, 7) is 2.06. The molecule has 0 aromatic heterocycles. The largest absolute Gasteiger partial charge is 0.393 e. The number of anilines is 1. The van der Waals surface area contributed by atoms with E-state index in [0.717, 1.165) is 42.5 Å². The fourth-order valence-corrected chi connectivity index (χ4v) is 2.66. The highest BCUT2D eigenvalue weighted by atomic mass is 32.1. The van der Waals surface area contributed by atoms with E-state index in [1.807, 2.05) is 12.1 Å². The third-order valence-corrected chi connectivity index (χ3v) is 3.80. The summed E-state index contributed by atoms with van der Waals surface area (Å²) in [6.07, 6.45) is 3.59. The summed E-state index contributed by atoms with van der Waals surface area (Å²) >= 11 is 5.09. The Morgan fingerprint density at radius 3 is 2.61 bits per heavy atom. The van der Waals surface area contributed by atoms with Crippen LogP contribution in [0.25, 0.3) is 0 Å². The van der Waals surface area contributed by atoms with Crippen LogP contribution >= 0.6 is 12.2 Å². The molecule has 98 valence electrons. The van der Waals surface area contributed by atoms with Gasteiger partial charge in [0, 0.05) is 17.3 Å². The van der Waals surface area contributed by atoms with E-state index in [9.17, 15) is 5.11 Å². The van der Waals surface area contributed by atoms with Crippen molar-refractivity contribution in [3.8, 4) is 0 Å². The molecule has 0 amide bonds. The number of benzene rings is 1. The fourth-order valence-electron chi connectivity index (χ4n) is 2.49. The van der Waals surface area contributed by atoms with E-state index in [2.05, 4.69) is 18.3 Å². The summed E-state index contributed by atoms with van der Waals surface area (Å²) in [7, 11) is 0. The van der Waals surface area contributed by atoms with Crippen LogP contribution in [0, 0.1) is 6.92 Å². The molecule has 0 aliphatic heterocycles. The maximum Gasteiger partial charge on any atom is 0.106 e. The van der Waals surface area contributed by atoms with Gasteiger partial charge < -0.3 is 16.2 Å². The molecule has 4 heteroatoms. The second-order valence-electron chi connectivity index (χ2n) is 5.01. The van der Waals surface area contributed by atoms with Crippen LogP contribution < -0.4 is 11.1 Å². The molecular weight excluding hydrogens is 244 g/mol. The molecule has 0 atom stereocenters. The van der Waals surface area contributed by atoms with Crippen molar-refractivity contribution >= 4 is 22.9 Å². The molecule has 3 nitrogen and oxygen atoms in total. The summed E-state index contributed by atoms with van der Waals surface area (Å²) < 4.78 is 0. The predicted octanol–water partition coefficient (Wildman–Crippen LogP) is 2.34. The average Bonchev–Trinajstić information content (AvgIpc) is 2.34. The van der Waals surface area contributed by atoms with Gasteiger partial charge in [-0.15, -0.1) is 0 Å². The molecule has 1 aromatic rings. The highest BCUT2D eigenvalue weighted by Gasteiger charge is 2.20. The van der Waals surface area contributed by atoms with Gasteiger partial charge in [0.2, 0.25) is 0 Å². The number of aliphatic hydroxyl groups is 1. The standard InChI is InChI=1S/C14H20N2OS/c1-9-3-2-4-12(14(15)18)13(9)16-10-5-7-11(17)8-6-10/h2-4,10-11,16-17H,5-8H2,1H3,(H2,15,18). The minimum absolute atomic E-state index is 0.130. The van der Waals surface area contributed by atoms with E-state index in [1.165, 1.54) is 0 Å². The molecule has 0 bridgehead atoms. The molecule has 0 spiro atoms. The average molecular weight is 264 g/mol. The van der Waals surface area contributed by atoms with Crippen molar-refractivity contribution in [3.63, 3.8) is 0 Å². The lowest BCUT2D eigenvalue weighted by Gasteiger charge is -2.28. The smallest absolute Gasteiger partial charge is 0.106 e. The normalized spacial score (nSPS) is 23.7. The zero-order valence-corrected chi connectivity index (χ0v) is 11.5. The Labute approximate surface area is 113 Å². The SMILES string of the molecule is Cc1cccc(C(N)=S)c1NC1CCC(O)CC1. The minimum atomic E-state index is -0.130. The lowest BCUT2D eigenvalue weighted by Crippen LogP contribution is -2.29. The Hall–Kier alpha value is -1.13. The molecule has 4 N–H and O–H groups in total. The molecule has 1 aliphatic carbocycles. The first kappa shape index (κ1) is 13.3. The summed E-state index contributed by atoms with van der Waals surface area (Å²) in [5.74, 6) is 0. The maximum absolute atomic E-state index is 9.52. The molecule has 1 fully saturated rings. The highest BCUT2D eigenvalue weighted by Crippen LogP contribution is 2.26. The second-order valence-corrected chi connectivity index (χ2v) is 5.45. The van der Waals surface area contributed by atoms with Crippen LogP contribution in [0.2, 0.25) is 0 Å². The van der Waals surface area contributed by atoms with Crippen molar-refractivity contribution in [3.05, 3.63) is 29.3 Å². The number of aryl methyl sites for hydroxylation is 1. The van der Waals surface area contributed by atoms with Gasteiger partial charge >= 0.3 is 0 Å². The van der Waals surface area contributed by atoms with Gasteiger partial charge in [0.15, 0.2) is 0 Å². The predicted molar refractivity (Wildman–Crippen MR) is 79.0 cm³/mol. The van der Waals surface area contributed by atoms with Crippen molar-refractivity contribution in [2.45, 2.75) is 44.8 Å². The van der Waals surface area contributed by atoms with E-state index in [1.54, 1.807) is 0 Å². The number of hydrogen-bond acceptors (Lipinski definition) is 3. The Morgan fingerprint density at radius 1 is 1.33 bits per heavy atom. The van der Waals surface area contributed by atoms with Crippen LogP contribution in [-0.4, -0.2) is 22.2 Å². The first-order chi connectivity index (χ1) is 8.58. The minimum Gasteiger partial charge on any atom is -0.393 e. The Bertz CT molecular complexity index is 439. The zero-order chi connectivity index (χ0) is 13.1. The van der Waals surface area contributed by atoms with E-state index in [4.69, 9.17) is 18.0 Å². The number of hydrogen-bond donors (Lipinski definition) is 3. The van der Waals surface area contributed by atoms with Crippen molar-refractivity contribution in [1.29, 1.82) is 0 Å². The number of aliphatic hydroxyl groups excluding tert-OH is 1. The molecule has 18 heavy (non-hydrogen) atoms. The van der Waals surface area contributed by atoms with Gasteiger partial charge in [-0.25, -0.2) is 0 Å². The van der Waals surface area contributed by atoms with Gasteiger partial charge in [-0.1, -0.05) is 24.4 Å². The van der Waals surface area contributed by atoms with Gasteiger partial charge in [0.05, 0.1) is 6.10 Å². The van der Waals surface area contributed by atoms with Gasteiger partial charge in [-0.3, -0.25) is 0 Å². The fraction of sp³-hybridized carbons (Fsp3) is 0.500. The molecular formula is C14H20N2OS. The Balaban J connectivity index is 2.15. The molecule has 0 radical (unpaired) electrons. The number of nitrogens with one attached hydrogen (secondary N) is 1. The first-order valence-corrected chi connectivity index (χ1v) is 6.82. The second kappa shape index (κ2) is 5.67. The number of nitrogens with two attached hydrogens (primary N) is 1. The van der Waals surface area contributed by atoms with Gasteiger partial charge in [0.1, 0.15) is 4.99 Å². The molecule has 2 rings (SSSR count). The van der Waals surface area contributed by atoms with E-state index in [0.29, 0.717) is 11.0 Å². The van der Waals surface area contributed by atoms with Gasteiger partial charge in [-0.05, 0) is 44.2 Å². The van der Waals surface area contributed by atoms with Crippen molar-refractivity contribution in [1.82, 2.24) is 0 Å². The number of rotatable bonds is 3. The van der Waals surface area contributed by atoms with E-state index >= 15 is 0 Å². The van der Waals surface area contributed by atoms with E-state index in [-0.39, 0.29) is 6.10 Å². The van der Waals surface area contributed by atoms with E-state index < -0.39 is 0 Å². The Morgan fingerprint density at radius 2 is 2.00 bits per heavy atom. The maximum atomic E-state index is 9.52. The molecule has 0 heterocycles. The van der Waals surface area contributed by atoms with Crippen LogP contribution in [0.3, 0.4) is 0 Å². The lowest BCUT2D eigenvalue weighted by atomic mass is 9.92. The number of thiocarbonyl (C=S) groups is 1. The third kappa shape index (κ3) is 3.00. The Kier molecular flexibility index (Phi) is 4.19. The summed E-state index contributed by atoms with van der Waals surface area (Å²) in [5, 5.41) is 13.1. The summed E-state index contributed by atoms with van der Waals surface area (Å²) in [5.41, 5.74) is 8.88. The quantitative estimate of drug-likeness (QED) is 0.734. The molecule has 0 saturated heterocycles. The lowest BCUT2D eigenvalue weighted by molar-refractivity contribution is 0.126. The first-order valence-electron chi connectivity index (χ1n) is 6.42. The molecule has 1 aliphatic rings. The monoisotopic (exact) mass is 264 g/mol. The zero-order valence-electron chi connectivity index (χ0n) is 10.6. The van der Waals surface area contributed by atoms with Crippen LogP contribution in [-0.2, 0) is 0 Å². The van der Waals surface area contributed by atoms with Crippen molar-refractivity contribution in [2.24, 2.45) is 5.73 Å². The van der Waals surface area contributed by atoms with Crippen LogP contribution in [0.4, 0.5) is 5.69 Å². The molecule has 1 saturated carbocycles. The molecule has 1 aromatic carbocycles. The topological polar surface area (TPSA) is 58.3 Å².